The van der Waals surface area contributed by atoms with E-state index >= 15 is 0 Å². The number of hydrogen-bond donors (Lipinski definition) is 0. The van der Waals surface area contributed by atoms with E-state index in [1.54, 1.807) is 0 Å². The molecule has 0 saturated heterocycles. The van der Waals surface area contributed by atoms with Gasteiger partial charge in [-0.1, -0.05) is 164 Å². The number of furan rings is 1. The largest absolute Gasteiger partial charge is 0.455 e. The number of para-hydroxylation sites is 2. The molecule has 0 saturated carbocycles. The maximum atomic E-state index is 10.8. The molecule has 3 heterocycles. The van der Waals surface area contributed by atoms with Crippen molar-refractivity contribution in [1.29, 1.82) is 5.26 Å². The third kappa shape index (κ3) is 5.24. The van der Waals surface area contributed by atoms with Gasteiger partial charge in [-0.05, 0) is 47.0 Å². The van der Waals surface area contributed by atoms with Crippen molar-refractivity contribution in [3.8, 4) is 67.9 Å². The Hall–Kier alpha value is -8.07. The molecule has 0 spiro atoms. The topological polar surface area (TPSA) is 67.6 Å². The van der Waals surface area contributed by atoms with E-state index in [1.807, 2.05) is 84.9 Å². The summed E-state index contributed by atoms with van der Waals surface area (Å²) in [5.74, 6) is 0.513. The highest BCUT2D eigenvalue weighted by Gasteiger charge is 2.27. The van der Waals surface area contributed by atoms with Crippen LogP contribution in [0, 0.1) is 11.3 Å². The lowest BCUT2D eigenvalue weighted by atomic mass is 9.88. The highest BCUT2D eigenvalue weighted by molar-refractivity contribution is 6.24. The summed E-state index contributed by atoms with van der Waals surface area (Å²) < 4.78 is 9.03. The first-order valence-electron chi connectivity index (χ1n) is 19.3. The van der Waals surface area contributed by atoms with Crippen molar-refractivity contribution < 1.29 is 4.42 Å². The van der Waals surface area contributed by atoms with Crippen molar-refractivity contribution in [3.05, 3.63) is 200 Å². The molecular formula is C53H32N4O. The third-order valence-corrected chi connectivity index (χ3v) is 11.1. The van der Waals surface area contributed by atoms with Gasteiger partial charge in [-0.3, -0.25) is 0 Å². The van der Waals surface area contributed by atoms with Crippen LogP contribution in [0.15, 0.2) is 199 Å². The fourth-order valence-corrected chi connectivity index (χ4v) is 8.55. The minimum Gasteiger partial charge on any atom is -0.455 e. The first kappa shape index (κ1) is 33.3. The van der Waals surface area contributed by atoms with Gasteiger partial charge in [-0.15, -0.1) is 0 Å². The summed E-state index contributed by atoms with van der Waals surface area (Å²) in [6.07, 6.45) is 0. The number of rotatable bonds is 6. The minimum absolute atomic E-state index is 0.423. The number of hydrogen-bond acceptors (Lipinski definition) is 4. The molecule has 11 rings (SSSR count). The van der Waals surface area contributed by atoms with E-state index in [1.165, 1.54) is 0 Å². The van der Waals surface area contributed by atoms with E-state index in [-0.39, 0.29) is 0 Å². The zero-order valence-corrected chi connectivity index (χ0v) is 31.2. The summed E-state index contributed by atoms with van der Waals surface area (Å²) in [7, 11) is 0. The Morgan fingerprint density at radius 1 is 0.448 bits per heavy atom. The first-order chi connectivity index (χ1) is 28.8. The average Bonchev–Trinajstić information content (AvgIpc) is 3.85. The van der Waals surface area contributed by atoms with Crippen LogP contribution < -0.4 is 0 Å². The zero-order valence-electron chi connectivity index (χ0n) is 31.2. The summed E-state index contributed by atoms with van der Waals surface area (Å²) >= 11 is 0. The second-order valence-electron chi connectivity index (χ2n) is 14.4. The van der Waals surface area contributed by atoms with E-state index in [4.69, 9.17) is 14.4 Å². The Morgan fingerprint density at radius 3 is 1.64 bits per heavy atom. The van der Waals surface area contributed by atoms with Gasteiger partial charge in [0.1, 0.15) is 22.8 Å². The molecule has 0 bridgehead atoms. The monoisotopic (exact) mass is 740 g/mol. The van der Waals surface area contributed by atoms with Crippen molar-refractivity contribution in [3.63, 3.8) is 0 Å². The van der Waals surface area contributed by atoms with E-state index in [0.717, 1.165) is 88.4 Å². The lowest BCUT2D eigenvalue weighted by molar-refractivity contribution is 0.673. The second kappa shape index (κ2) is 13.6. The van der Waals surface area contributed by atoms with E-state index in [0.29, 0.717) is 22.8 Å². The summed E-state index contributed by atoms with van der Waals surface area (Å²) in [4.78, 5) is 10.9. The molecule has 0 unspecified atom stereocenters. The molecule has 3 aromatic heterocycles. The van der Waals surface area contributed by atoms with Crippen LogP contribution in [0.3, 0.4) is 0 Å². The molecule has 11 aromatic rings. The fraction of sp³-hybridized carbons (Fsp3) is 0. The zero-order chi connectivity index (χ0) is 38.6. The third-order valence-electron chi connectivity index (χ3n) is 11.1. The Morgan fingerprint density at radius 2 is 1.00 bits per heavy atom. The SMILES string of the molecule is N#Cc1c(-c2ccccc2)nc(-c2c(-n3c4ccccc4c4c5oc6ccccc6c5ccc43)ccc(-c3ccccc3)c2-c2ccccc2)nc1-c1ccccc1. The van der Waals surface area contributed by atoms with Crippen LogP contribution in [-0.4, -0.2) is 14.5 Å². The average molecular weight is 741 g/mol. The van der Waals surface area contributed by atoms with Gasteiger partial charge in [0, 0.05) is 32.8 Å². The van der Waals surface area contributed by atoms with Crippen LogP contribution in [0.1, 0.15) is 5.56 Å². The lowest BCUT2D eigenvalue weighted by Gasteiger charge is -2.22. The molecular weight excluding hydrogens is 709 g/mol. The van der Waals surface area contributed by atoms with Crippen LogP contribution in [-0.2, 0) is 0 Å². The highest BCUT2D eigenvalue weighted by Crippen LogP contribution is 2.47. The second-order valence-corrected chi connectivity index (χ2v) is 14.4. The van der Waals surface area contributed by atoms with Crippen molar-refractivity contribution in [2.75, 3.05) is 0 Å². The molecule has 5 heteroatoms. The standard InChI is InChI=1S/C53H32N4O/c54-33-42-50(36-21-9-3-10-22-36)55-53(56-51(42)37-23-11-4-12-24-37)49-45(31-29-38(34-17-5-1-6-18-34)47(49)35-19-7-2-8-20-35)57-43-27-15-13-26-41(43)48-44(57)32-30-40-39-25-14-16-28-46(39)58-52(40)48/h1-32H. The van der Waals surface area contributed by atoms with Gasteiger partial charge in [0.15, 0.2) is 5.82 Å². The summed E-state index contributed by atoms with van der Waals surface area (Å²) in [5, 5.41) is 15.1. The molecule has 8 aromatic carbocycles. The van der Waals surface area contributed by atoms with Crippen LogP contribution >= 0.6 is 0 Å². The van der Waals surface area contributed by atoms with Crippen LogP contribution in [0.25, 0.3) is 106 Å². The smallest absolute Gasteiger partial charge is 0.163 e. The Balaban J connectivity index is 1.34. The predicted molar refractivity (Wildman–Crippen MR) is 236 cm³/mol. The molecule has 0 radical (unpaired) electrons. The van der Waals surface area contributed by atoms with E-state index < -0.39 is 0 Å². The van der Waals surface area contributed by atoms with Crippen molar-refractivity contribution >= 4 is 43.7 Å². The molecule has 0 aliphatic heterocycles. The number of nitriles is 1. The quantitative estimate of drug-likeness (QED) is 0.170. The summed E-state index contributed by atoms with van der Waals surface area (Å²) in [6, 6.07) is 68.9. The van der Waals surface area contributed by atoms with Crippen molar-refractivity contribution in [2.24, 2.45) is 0 Å². The van der Waals surface area contributed by atoms with E-state index in [2.05, 4.69) is 120 Å². The maximum Gasteiger partial charge on any atom is 0.163 e. The van der Waals surface area contributed by atoms with Gasteiger partial charge in [0.2, 0.25) is 0 Å². The van der Waals surface area contributed by atoms with Gasteiger partial charge in [0.25, 0.3) is 0 Å². The molecule has 0 aliphatic rings. The molecule has 0 atom stereocenters. The molecule has 58 heavy (non-hydrogen) atoms. The van der Waals surface area contributed by atoms with Crippen LogP contribution in [0.5, 0.6) is 0 Å². The maximum absolute atomic E-state index is 10.8. The molecule has 0 aliphatic carbocycles. The minimum atomic E-state index is 0.423. The van der Waals surface area contributed by atoms with Crippen molar-refractivity contribution in [2.45, 2.75) is 0 Å². The molecule has 0 fully saturated rings. The summed E-state index contributed by atoms with van der Waals surface area (Å²) in [5.41, 5.74) is 12.9. The lowest BCUT2D eigenvalue weighted by Crippen LogP contribution is -2.06. The predicted octanol–water partition coefficient (Wildman–Crippen LogP) is 13.7. The van der Waals surface area contributed by atoms with Gasteiger partial charge in [-0.25, -0.2) is 9.97 Å². The van der Waals surface area contributed by atoms with Gasteiger partial charge < -0.3 is 8.98 Å². The van der Waals surface area contributed by atoms with Crippen molar-refractivity contribution in [1.82, 2.24) is 14.5 Å². The highest BCUT2D eigenvalue weighted by atomic mass is 16.3. The molecule has 0 N–H and O–H groups in total. The Bertz CT molecular complexity index is 3320. The normalized spacial score (nSPS) is 11.4. The van der Waals surface area contributed by atoms with Gasteiger partial charge in [0.05, 0.1) is 39.1 Å². The Labute approximate surface area is 334 Å². The molecule has 0 amide bonds. The van der Waals surface area contributed by atoms with Crippen LogP contribution in [0.2, 0.25) is 0 Å². The number of fused-ring (bicyclic) bond motifs is 7. The number of nitrogens with zero attached hydrogens (tertiary/aromatic N) is 4. The fourth-order valence-electron chi connectivity index (χ4n) is 8.55. The molecule has 270 valence electrons. The Kier molecular flexibility index (Phi) is 7.80. The number of aromatic nitrogens is 3. The van der Waals surface area contributed by atoms with Gasteiger partial charge in [-0.2, -0.15) is 5.26 Å². The van der Waals surface area contributed by atoms with E-state index in [9.17, 15) is 5.26 Å². The van der Waals surface area contributed by atoms with Crippen LogP contribution in [0.4, 0.5) is 0 Å². The summed E-state index contributed by atoms with van der Waals surface area (Å²) in [6.45, 7) is 0. The molecule has 5 nitrogen and oxygen atoms in total. The number of benzene rings is 8. The first-order valence-corrected chi connectivity index (χ1v) is 19.3. The van der Waals surface area contributed by atoms with Gasteiger partial charge >= 0.3 is 0 Å².